The fourth-order valence-electron chi connectivity index (χ4n) is 2.72. The van der Waals surface area contributed by atoms with Crippen LogP contribution in [0.25, 0.3) is 0 Å². The Hall–Kier alpha value is -3.18. The number of carbonyl (C=O) groups excluding carboxylic acids is 1. The molecule has 12 heteroatoms. The van der Waals surface area contributed by atoms with Crippen LogP contribution in [0.5, 0.6) is 5.75 Å². The van der Waals surface area contributed by atoms with E-state index in [1.807, 2.05) is 12.1 Å². The summed E-state index contributed by atoms with van der Waals surface area (Å²) in [5, 5.41) is 17.9. The molecule has 2 aromatic carbocycles. The van der Waals surface area contributed by atoms with Crippen molar-refractivity contribution in [2.75, 3.05) is 18.7 Å². The summed E-state index contributed by atoms with van der Waals surface area (Å²) in [6.07, 6.45) is 1.42. The molecule has 0 saturated heterocycles. The summed E-state index contributed by atoms with van der Waals surface area (Å²) in [6, 6.07) is 12.8. The molecule has 3 rings (SSSR count). The zero-order chi connectivity index (χ0) is 22.4. The first-order valence-corrected chi connectivity index (χ1v) is 11.6. The van der Waals surface area contributed by atoms with Gasteiger partial charge in [0.15, 0.2) is 21.5 Å². The topological polar surface area (TPSA) is 128 Å². The Bertz CT molecular complexity index is 1130. The third kappa shape index (κ3) is 6.93. The number of amides is 2. The van der Waals surface area contributed by atoms with E-state index in [0.717, 1.165) is 16.6 Å². The van der Waals surface area contributed by atoms with Crippen molar-refractivity contribution in [3.8, 4) is 5.75 Å². The van der Waals surface area contributed by atoms with Gasteiger partial charge in [0.25, 0.3) is 0 Å². The number of anilines is 1. The number of hydrogen-bond donors (Lipinski definition) is 2. The fourth-order valence-corrected chi connectivity index (χ4v) is 3.38. The fraction of sp³-hybridized carbons (Fsp3) is 0.263. The van der Waals surface area contributed by atoms with Gasteiger partial charge in [-0.15, -0.1) is 15.0 Å². The molecular formula is C19H21ClN6O4S. The zero-order valence-corrected chi connectivity index (χ0v) is 18.4. The summed E-state index contributed by atoms with van der Waals surface area (Å²) in [7, 11) is -1.78. The van der Waals surface area contributed by atoms with Crippen LogP contribution in [0.2, 0.25) is 5.02 Å². The minimum absolute atomic E-state index is 0.186. The summed E-state index contributed by atoms with van der Waals surface area (Å²) in [5.41, 5.74) is 1.44. The molecule has 0 fully saturated rings. The van der Waals surface area contributed by atoms with E-state index < -0.39 is 27.8 Å². The van der Waals surface area contributed by atoms with Crippen LogP contribution in [-0.4, -0.2) is 48.0 Å². The number of benzene rings is 2. The lowest BCUT2D eigenvalue weighted by Gasteiger charge is -2.16. The van der Waals surface area contributed by atoms with Crippen molar-refractivity contribution in [2.24, 2.45) is 0 Å². The SMILES string of the molecule is COc1ccc(CC(NC(=O)Nc2ccc(Cl)cc2)c2nnn(CS(C)(=O)=O)n2)cc1. The number of ether oxygens (including phenoxy) is 1. The third-order valence-electron chi connectivity index (χ3n) is 4.14. The number of nitrogens with one attached hydrogen (secondary N) is 2. The first-order valence-electron chi connectivity index (χ1n) is 9.13. The van der Waals surface area contributed by atoms with Crippen LogP contribution in [-0.2, 0) is 22.1 Å². The normalized spacial score (nSPS) is 12.2. The van der Waals surface area contributed by atoms with Crippen LogP contribution in [0.1, 0.15) is 17.4 Å². The first-order chi connectivity index (χ1) is 14.7. The standard InChI is InChI=1S/C19H21ClN6O4S/c1-30-16-9-3-13(4-10-16)11-17(18-23-25-26(24-18)12-31(2,28)29)22-19(27)21-15-7-5-14(20)6-8-15/h3-10,17H,11-12H2,1-2H3,(H2,21,22,27). The summed E-state index contributed by atoms with van der Waals surface area (Å²) in [4.78, 5) is 13.5. The van der Waals surface area contributed by atoms with Gasteiger partial charge in [0.1, 0.15) is 5.75 Å². The van der Waals surface area contributed by atoms with Gasteiger partial charge in [0.05, 0.1) is 13.2 Å². The van der Waals surface area contributed by atoms with Crippen molar-refractivity contribution in [2.45, 2.75) is 18.3 Å². The van der Waals surface area contributed by atoms with Gasteiger partial charge in [-0.05, 0) is 47.2 Å². The average Bonchev–Trinajstić information content (AvgIpc) is 3.16. The number of hydrogen-bond acceptors (Lipinski definition) is 7. The Balaban J connectivity index is 1.79. The molecule has 1 unspecified atom stereocenters. The van der Waals surface area contributed by atoms with Crippen LogP contribution in [0.3, 0.4) is 0 Å². The second kappa shape index (κ2) is 9.75. The zero-order valence-electron chi connectivity index (χ0n) is 16.8. The molecule has 3 aromatic rings. The number of aromatic nitrogens is 4. The van der Waals surface area contributed by atoms with E-state index in [4.69, 9.17) is 16.3 Å². The molecule has 1 heterocycles. The van der Waals surface area contributed by atoms with Crippen molar-refractivity contribution in [1.82, 2.24) is 25.5 Å². The van der Waals surface area contributed by atoms with Crippen LogP contribution < -0.4 is 15.4 Å². The summed E-state index contributed by atoms with van der Waals surface area (Å²) >= 11 is 5.87. The van der Waals surface area contributed by atoms with Gasteiger partial charge < -0.3 is 15.4 Å². The van der Waals surface area contributed by atoms with Crippen LogP contribution in [0.15, 0.2) is 48.5 Å². The van der Waals surface area contributed by atoms with Gasteiger partial charge in [-0.2, -0.15) is 0 Å². The molecule has 0 aliphatic carbocycles. The smallest absolute Gasteiger partial charge is 0.319 e. The Morgan fingerprint density at radius 1 is 1.16 bits per heavy atom. The predicted octanol–water partition coefficient (Wildman–Crippen LogP) is 2.44. The summed E-state index contributed by atoms with van der Waals surface area (Å²) in [6.45, 7) is 0. The van der Waals surface area contributed by atoms with Gasteiger partial charge in [-0.25, -0.2) is 13.2 Å². The minimum atomic E-state index is -3.35. The highest BCUT2D eigenvalue weighted by Gasteiger charge is 2.21. The molecule has 1 atom stereocenters. The number of carbonyl (C=O) groups is 1. The molecule has 0 spiro atoms. The summed E-state index contributed by atoms with van der Waals surface area (Å²) in [5.74, 6) is 0.475. The van der Waals surface area contributed by atoms with Crippen LogP contribution in [0.4, 0.5) is 10.5 Å². The molecule has 2 amide bonds. The lowest BCUT2D eigenvalue weighted by Crippen LogP contribution is -2.34. The Morgan fingerprint density at radius 3 is 2.45 bits per heavy atom. The van der Waals surface area contributed by atoms with Gasteiger partial charge in [0.2, 0.25) is 0 Å². The molecule has 0 radical (unpaired) electrons. The minimum Gasteiger partial charge on any atom is -0.497 e. The Morgan fingerprint density at radius 2 is 1.84 bits per heavy atom. The average molecular weight is 465 g/mol. The molecule has 1 aromatic heterocycles. The second-order valence-electron chi connectivity index (χ2n) is 6.78. The first kappa shape index (κ1) is 22.5. The van der Waals surface area contributed by atoms with Crippen LogP contribution >= 0.6 is 11.6 Å². The van der Waals surface area contributed by atoms with E-state index >= 15 is 0 Å². The van der Waals surface area contributed by atoms with Crippen LogP contribution in [0, 0.1) is 0 Å². The molecule has 10 nitrogen and oxygen atoms in total. The number of methoxy groups -OCH3 is 1. The van der Waals surface area contributed by atoms with Gasteiger partial charge in [-0.1, -0.05) is 23.7 Å². The lowest BCUT2D eigenvalue weighted by atomic mass is 10.1. The van der Waals surface area contributed by atoms with Crippen molar-refractivity contribution < 1.29 is 17.9 Å². The largest absolute Gasteiger partial charge is 0.497 e. The van der Waals surface area contributed by atoms with E-state index in [-0.39, 0.29) is 5.82 Å². The second-order valence-corrected chi connectivity index (χ2v) is 9.33. The van der Waals surface area contributed by atoms with Crippen molar-refractivity contribution in [3.05, 3.63) is 64.9 Å². The highest BCUT2D eigenvalue weighted by molar-refractivity contribution is 7.89. The third-order valence-corrected chi connectivity index (χ3v) is 5.09. The maximum atomic E-state index is 12.6. The molecule has 31 heavy (non-hydrogen) atoms. The van der Waals surface area contributed by atoms with E-state index in [1.54, 1.807) is 43.5 Å². The maximum Gasteiger partial charge on any atom is 0.319 e. The maximum absolute atomic E-state index is 12.6. The Kier molecular flexibility index (Phi) is 7.08. The lowest BCUT2D eigenvalue weighted by molar-refractivity contribution is 0.248. The number of sulfone groups is 1. The van der Waals surface area contributed by atoms with Gasteiger partial charge >= 0.3 is 6.03 Å². The van der Waals surface area contributed by atoms with E-state index in [0.29, 0.717) is 22.9 Å². The molecule has 0 bridgehead atoms. The van der Waals surface area contributed by atoms with Crippen molar-refractivity contribution in [3.63, 3.8) is 0 Å². The monoisotopic (exact) mass is 464 g/mol. The van der Waals surface area contributed by atoms with E-state index in [2.05, 4.69) is 26.0 Å². The molecule has 164 valence electrons. The van der Waals surface area contributed by atoms with Crippen molar-refractivity contribution >= 4 is 33.2 Å². The number of tetrazole rings is 1. The van der Waals surface area contributed by atoms with E-state index in [9.17, 15) is 13.2 Å². The van der Waals surface area contributed by atoms with Gasteiger partial charge in [-0.3, -0.25) is 0 Å². The highest BCUT2D eigenvalue weighted by Crippen LogP contribution is 2.19. The molecule has 0 aliphatic heterocycles. The number of rotatable bonds is 8. The van der Waals surface area contributed by atoms with E-state index in [1.165, 1.54) is 0 Å². The Labute approximate surface area is 184 Å². The quantitative estimate of drug-likeness (QED) is 0.523. The summed E-state index contributed by atoms with van der Waals surface area (Å²) < 4.78 is 28.2. The predicted molar refractivity (Wildman–Crippen MR) is 116 cm³/mol. The molecule has 0 aliphatic rings. The number of nitrogens with zero attached hydrogens (tertiary/aromatic N) is 4. The highest BCUT2D eigenvalue weighted by atomic mass is 35.5. The number of halogens is 1. The molecule has 2 N–H and O–H groups in total. The number of urea groups is 1. The molecular weight excluding hydrogens is 444 g/mol. The molecule has 0 saturated carbocycles. The van der Waals surface area contributed by atoms with Gasteiger partial charge in [0, 0.05) is 23.4 Å². The van der Waals surface area contributed by atoms with Crippen molar-refractivity contribution in [1.29, 1.82) is 0 Å².